The van der Waals surface area contributed by atoms with Crippen LogP contribution in [0.15, 0.2) is 42.7 Å². The predicted octanol–water partition coefficient (Wildman–Crippen LogP) is 6.65. The summed E-state index contributed by atoms with van der Waals surface area (Å²) < 4.78 is 54.4. The minimum atomic E-state index is -0.935. The number of phenols is 1. The first-order valence-electron chi connectivity index (χ1n) is 18.2. The molecule has 3 saturated heterocycles. The number of fused-ring (bicyclic) bond motifs is 4. The molecule has 5 aromatic rings. The molecule has 1 N–H and O–H groups in total. The van der Waals surface area contributed by atoms with Crippen LogP contribution in [0.25, 0.3) is 32.9 Å². The topological polar surface area (TPSA) is 110 Å². The lowest BCUT2D eigenvalue weighted by atomic mass is 9.94. The zero-order valence-electron chi connectivity index (χ0n) is 29.2. The third kappa shape index (κ3) is 5.38. The van der Waals surface area contributed by atoms with E-state index in [1.54, 1.807) is 12.3 Å². The molecule has 270 valence electrons. The number of aromatic hydroxyl groups is 1. The van der Waals surface area contributed by atoms with E-state index in [-0.39, 0.29) is 58.8 Å². The van der Waals surface area contributed by atoms with Crippen LogP contribution in [-0.2, 0) is 6.42 Å². The van der Waals surface area contributed by atoms with Gasteiger partial charge in [-0.05, 0) is 98.0 Å². The molecule has 6 heterocycles. The average molecular weight is 712 g/mol. The molecular formula is C39H40F3N7O3. The Bertz CT molecular complexity index is 2230. The molecule has 3 aliphatic heterocycles. The van der Waals surface area contributed by atoms with E-state index in [1.165, 1.54) is 29.1 Å². The predicted molar refractivity (Wildman–Crippen MR) is 189 cm³/mol. The second-order valence-corrected chi connectivity index (χ2v) is 15.2. The fourth-order valence-electron chi connectivity index (χ4n) is 9.59. The van der Waals surface area contributed by atoms with Gasteiger partial charge in [0.05, 0.1) is 16.6 Å². The molecule has 9 rings (SSSR count). The number of carbonyl (C=O) groups excluding carboxylic acids is 1. The second-order valence-electron chi connectivity index (χ2n) is 15.2. The van der Waals surface area contributed by atoms with Crippen LogP contribution in [0.2, 0.25) is 0 Å². The summed E-state index contributed by atoms with van der Waals surface area (Å²) in [7, 11) is 0. The summed E-state index contributed by atoms with van der Waals surface area (Å²) in [5.41, 5.74) is 0.906. The lowest BCUT2D eigenvalue weighted by molar-refractivity contribution is 0.0814. The number of anilines is 1. The van der Waals surface area contributed by atoms with Gasteiger partial charge in [0.2, 0.25) is 5.91 Å². The van der Waals surface area contributed by atoms with Gasteiger partial charge in [0.15, 0.2) is 5.82 Å². The Morgan fingerprint density at radius 1 is 1.10 bits per heavy atom. The minimum absolute atomic E-state index is 0.00405. The van der Waals surface area contributed by atoms with Crippen LogP contribution in [0.3, 0.4) is 0 Å². The van der Waals surface area contributed by atoms with Crippen molar-refractivity contribution in [1.82, 2.24) is 29.6 Å². The Morgan fingerprint density at radius 2 is 1.90 bits per heavy atom. The Hall–Kier alpha value is -4.78. The molecule has 0 bridgehead atoms. The number of ether oxygens (including phenoxy) is 1. The number of alkyl halides is 1. The molecule has 0 amide bonds. The Morgan fingerprint density at radius 3 is 2.65 bits per heavy atom. The first-order chi connectivity index (χ1) is 25.1. The second kappa shape index (κ2) is 12.4. The quantitative estimate of drug-likeness (QED) is 0.198. The summed E-state index contributed by atoms with van der Waals surface area (Å²) in [6.07, 6.45) is 6.20. The maximum atomic E-state index is 17.0. The van der Waals surface area contributed by atoms with Gasteiger partial charge in [0.1, 0.15) is 41.4 Å². The maximum absolute atomic E-state index is 17.0. The zero-order valence-corrected chi connectivity index (χ0v) is 29.2. The summed E-state index contributed by atoms with van der Waals surface area (Å²) in [5.74, 6) is -0.458. The molecule has 0 radical (unpaired) electrons. The molecule has 13 heteroatoms. The van der Waals surface area contributed by atoms with Crippen LogP contribution in [0.1, 0.15) is 55.1 Å². The number of hydrogen-bond acceptors (Lipinski definition) is 9. The largest absolute Gasteiger partial charge is 0.508 e. The number of halogens is 3. The number of nitrogens with zero attached hydrogens (tertiary/aromatic N) is 7. The smallest absolute Gasteiger partial charge is 0.319 e. The molecule has 0 spiro atoms. The van der Waals surface area contributed by atoms with Gasteiger partial charge in [-0.15, -0.1) is 0 Å². The van der Waals surface area contributed by atoms with Gasteiger partial charge in [-0.3, -0.25) is 14.7 Å². The number of pyridine rings is 1. The average Bonchev–Trinajstić information content (AvgIpc) is 3.94. The van der Waals surface area contributed by atoms with Crippen LogP contribution in [0, 0.1) is 36.3 Å². The van der Waals surface area contributed by atoms with Gasteiger partial charge in [-0.2, -0.15) is 15.1 Å². The summed E-state index contributed by atoms with van der Waals surface area (Å²) in [5, 5.41) is 16.4. The zero-order chi connectivity index (χ0) is 35.9. The lowest BCUT2D eigenvalue weighted by Crippen LogP contribution is -2.43. The van der Waals surface area contributed by atoms with E-state index in [9.17, 15) is 14.3 Å². The highest BCUT2D eigenvalue weighted by Gasteiger charge is 2.50. The highest BCUT2D eigenvalue weighted by Crippen LogP contribution is 2.46. The monoisotopic (exact) mass is 711 g/mol. The minimum Gasteiger partial charge on any atom is -0.508 e. The van der Waals surface area contributed by atoms with Crippen molar-refractivity contribution in [2.45, 2.75) is 64.1 Å². The summed E-state index contributed by atoms with van der Waals surface area (Å²) in [6.45, 7) is 6.25. The number of aromatic nitrogens is 5. The van der Waals surface area contributed by atoms with Gasteiger partial charge >= 0.3 is 6.01 Å². The SMILES string of the molecule is CCc1c(F)ccc2cc(O)cc(-c3ncc4c(N5C[C@H]6CC(C(=O)n7ccc(C)n7)C[C@H]6C5)nc(OC[C@@]56CCCN5C[C@H](F)C6)nc4c3F)c12. The first-order valence-corrected chi connectivity index (χ1v) is 18.2. The van der Waals surface area contributed by atoms with Crippen molar-refractivity contribution < 1.29 is 27.8 Å². The van der Waals surface area contributed by atoms with Gasteiger partial charge in [-0.25, -0.2) is 17.9 Å². The van der Waals surface area contributed by atoms with E-state index in [2.05, 4.69) is 24.9 Å². The van der Waals surface area contributed by atoms with E-state index in [4.69, 9.17) is 9.72 Å². The van der Waals surface area contributed by atoms with E-state index in [0.717, 1.165) is 25.1 Å². The van der Waals surface area contributed by atoms with Crippen molar-refractivity contribution in [3.63, 3.8) is 0 Å². The molecule has 1 aliphatic carbocycles. The van der Waals surface area contributed by atoms with Crippen LogP contribution >= 0.6 is 0 Å². The van der Waals surface area contributed by atoms with Crippen molar-refractivity contribution in [1.29, 1.82) is 0 Å². The third-order valence-electron chi connectivity index (χ3n) is 12.0. The fourth-order valence-corrected chi connectivity index (χ4v) is 9.59. The van der Waals surface area contributed by atoms with Crippen LogP contribution in [-0.4, -0.2) is 85.1 Å². The van der Waals surface area contributed by atoms with Crippen molar-refractivity contribution >= 4 is 33.4 Å². The van der Waals surface area contributed by atoms with Crippen LogP contribution in [0.5, 0.6) is 11.8 Å². The van der Waals surface area contributed by atoms with E-state index < -0.39 is 23.3 Å². The molecule has 1 saturated carbocycles. The Labute approximate surface area is 298 Å². The number of aryl methyl sites for hydroxylation is 2. The number of hydrogen-bond donors (Lipinski definition) is 1. The Balaban J connectivity index is 1.10. The van der Waals surface area contributed by atoms with Gasteiger partial charge in [0.25, 0.3) is 0 Å². The summed E-state index contributed by atoms with van der Waals surface area (Å²) in [4.78, 5) is 31.5. The molecule has 52 heavy (non-hydrogen) atoms. The number of benzene rings is 2. The normalized spacial score (nSPS) is 25.8. The van der Waals surface area contributed by atoms with Gasteiger partial charge in [-0.1, -0.05) is 13.0 Å². The number of rotatable bonds is 7. The summed E-state index contributed by atoms with van der Waals surface area (Å²) in [6, 6.07) is 7.65. The Kier molecular flexibility index (Phi) is 7.90. The van der Waals surface area contributed by atoms with Gasteiger partial charge < -0.3 is 14.7 Å². The number of carbonyl (C=O) groups is 1. The highest BCUT2D eigenvalue weighted by molar-refractivity contribution is 6.01. The first kappa shape index (κ1) is 33.1. The molecule has 1 unspecified atom stereocenters. The summed E-state index contributed by atoms with van der Waals surface area (Å²) >= 11 is 0. The number of phenolic OH excluding ortho intramolecular Hbond substituents is 1. The van der Waals surface area contributed by atoms with E-state index >= 15 is 8.78 Å². The van der Waals surface area contributed by atoms with Crippen molar-refractivity contribution in [3.8, 4) is 23.0 Å². The fraction of sp³-hybridized carbons (Fsp3) is 0.462. The van der Waals surface area contributed by atoms with Crippen molar-refractivity contribution in [2.75, 3.05) is 37.7 Å². The standard InChI is InChI=1S/C39H40F3N7O3/c1-3-28-31(41)6-5-22-13-27(50)14-29(32(22)28)34-33(42)35-30(16-43-34)36(45-38(44-35)52-20-39-8-4-9-48(39)19-26(40)15-39)47-17-24-11-23(12-25(24)18-47)37(51)49-10-7-21(2)46-49/h5-7,10,13-14,16,23-26,50H,3-4,8-9,11-12,15,17-20H2,1-2H3/t23?,24-,25+,26-,39+/m1/s1. The molecule has 5 atom stereocenters. The molecule has 2 aromatic carbocycles. The molecular weight excluding hydrogens is 671 g/mol. The van der Waals surface area contributed by atoms with Crippen LogP contribution < -0.4 is 9.64 Å². The van der Waals surface area contributed by atoms with Gasteiger partial charge in [0, 0.05) is 49.9 Å². The highest BCUT2D eigenvalue weighted by atomic mass is 19.1. The van der Waals surface area contributed by atoms with Crippen molar-refractivity contribution in [3.05, 3.63) is 65.6 Å². The van der Waals surface area contributed by atoms with Crippen LogP contribution in [0.4, 0.5) is 19.0 Å². The maximum Gasteiger partial charge on any atom is 0.319 e. The lowest BCUT2D eigenvalue weighted by Gasteiger charge is -2.31. The molecule has 10 nitrogen and oxygen atoms in total. The third-order valence-corrected chi connectivity index (χ3v) is 12.0. The van der Waals surface area contributed by atoms with E-state index in [1.807, 2.05) is 19.9 Å². The molecule has 4 aliphatic rings. The molecule has 3 aromatic heterocycles. The van der Waals surface area contributed by atoms with Crippen molar-refractivity contribution in [2.24, 2.45) is 17.8 Å². The van der Waals surface area contributed by atoms with E-state index in [0.29, 0.717) is 72.9 Å². The molecule has 4 fully saturated rings.